The fourth-order valence-electron chi connectivity index (χ4n) is 2.56. The fraction of sp³-hybridized carbons (Fsp3) is 0.467. The Morgan fingerprint density at radius 1 is 1.41 bits per heavy atom. The van der Waals surface area contributed by atoms with Gasteiger partial charge in [-0.25, -0.2) is 4.79 Å². The lowest BCUT2D eigenvalue weighted by Crippen LogP contribution is -2.47. The van der Waals surface area contributed by atoms with Crippen molar-refractivity contribution in [2.45, 2.75) is 12.5 Å². The number of imide groups is 1. The van der Waals surface area contributed by atoms with Gasteiger partial charge in [-0.1, -0.05) is 29.8 Å². The minimum absolute atomic E-state index is 0.134. The van der Waals surface area contributed by atoms with E-state index in [1.54, 1.807) is 0 Å². The summed E-state index contributed by atoms with van der Waals surface area (Å²) in [6, 6.07) is 7.41. The zero-order valence-corrected chi connectivity index (χ0v) is 13.3. The van der Waals surface area contributed by atoms with Crippen molar-refractivity contribution in [2.24, 2.45) is 0 Å². The molecule has 1 fully saturated rings. The molecule has 1 heterocycles. The van der Waals surface area contributed by atoms with E-state index in [-0.39, 0.29) is 18.4 Å². The van der Waals surface area contributed by atoms with Crippen LogP contribution >= 0.6 is 11.6 Å². The normalized spacial score (nSPS) is 18.7. The van der Waals surface area contributed by atoms with E-state index in [4.69, 9.17) is 11.6 Å². The van der Waals surface area contributed by atoms with E-state index in [9.17, 15) is 9.59 Å². The number of carbonyl (C=O) groups excluding carboxylic acids is 2. The molecule has 1 unspecified atom stereocenters. The molecule has 1 aromatic carbocycles. The van der Waals surface area contributed by atoms with E-state index >= 15 is 0 Å². The van der Waals surface area contributed by atoms with Crippen molar-refractivity contribution in [1.82, 2.24) is 20.9 Å². The maximum absolute atomic E-state index is 11.7. The first-order valence-corrected chi connectivity index (χ1v) is 7.70. The standard InChI is InChI=1S/C15H21ClN4O2/c1-17-15(22)19-14(21)6-8-20-9-7-18-10-13(20)11-4-2-3-5-12(11)16/h2-5,13,18H,6-10H2,1H3,(H2,17,19,21,22). The number of urea groups is 1. The van der Waals surface area contributed by atoms with E-state index in [1.807, 2.05) is 24.3 Å². The van der Waals surface area contributed by atoms with Gasteiger partial charge in [0, 0.05) is 50.7 Å². The lowest BCUT2D eigenvalue weighted by Gasteiger charge is -2.36. The van der Waals surface area contributed by atoms with Crippen LogP contribution in [0.1, 0.15) is 18.0 Å². The maximum Gasteiger partial charge on any atom is 0.321 e. The Kier molecular flexibility index (Phi) is 6.18. The molecule has 2 rings (SSSR count). The molecule has 0 radical (unpaired) electrons. The Labute approximate surface area is 135 Å². The highest BCUT2D eigenvalue weighted by Crippen LogP contribution is 2.28. The van der Waals surface area contributed by atoms with Crippen molar-refractivity contribution in [3.63, 3.8) is 0 Å². The average Bonchev–Trinajstić information content (AvgIpc) is 2.53. The number of rotatable bonds is 4. The van der Waals surface area contributed by atoms with Crippen LogP contribution in [0.15, 0.2) is 24.3 Å². The zero-order chi connectivity index (χ0) is 15.9. The Morgan fingerprint density at radius 2 is 2.18 bits per heavy atom. The molecule has 1 saturated heterocycles. The molecule has 0 saturated carbocycles. The van der Waals surface area contributed by atoms with Gasteiger partial charge in [0.05, 0.1) is 0 Å². The first kappa shape index (κ1) is 16.7. The molecular weight excluding hydrogens is 304 g/mol. The van der Waals surface area contributed by atoms with E-state index < -0.39 is 6.03 Å². The van der Waals surface area contributed by atoms with Gasteiger partial charge in [-0.3, -0.25) is 15.0 Å². The van der Waals surface area contributed by atoms with Crippen LogP contribution in [-0.2, 0) is 4.79 Å². The van der Waals surface area contributed by atoms with E-state index in [0.717, 1.165) is 30.2 Å². The van der Waals surface area contributed by atoms with Gasteiger partial charge in [0.2, 0.25) is 5.91 Å². The van der Waals surface area contributed by atoms with Gasteiger partial charge in [-0.05, 0) is 11.6 Å². The molecule has 1 atom stereocenters. The van der Waals surface area contributed by atoms with Crippen molar-refractivity contribution in [2.75, 3.05) is 33.2 Å². The monoisotopic (exact) mass is 324 g/mol. The molecule has 7 heteroatoms. The third-order valence-corrected chi connectivity index (χ3v) is 4.07. The second-order valence-electron chi connectivity index (χ2n) is 5.15. The van der Waals surface area contributed by atoms with Gasteiger partial charge in [0.15, 0.2) is 0 Å². The molecule has 3 N–H and O–H groups in total. The van der Waals surface area contributed by atoms with Crippen LogP contribution in [-0.4, -0.2) is 50.1 Å². The van der Waals surface area contributed by atoms with Crippen LogP contribution in [0.3, 0.4) is 0 Å². The number of amides is 3. The Morgan fingerprint density at radius 3 is 2.91 bits per heavy atom. The highest BCUT2D eigenvalue weighted by atomic mass is 35.5. The summed E-state index contributed by atoms with van der Waals surface area (Å²) in [5.74, 6) is -0.282. The van der Waals surface area contributed by atoms with Crippen molar-refractivity contribution < 1.29 is 9.59 Å². The summed E-state index contributed by atoms with van der Waals surface area (Å²) in [5, 5.41) is 8.73. The molecule has 1 aliphatic heterocycles. The third-order valence-electron chi connectivity index (χ3n) is 3.72. The highest BCUT2D eigenvalue weighted by Gasteiger charge is 2.25. The van der Waals surface area contributed by atoms with Crippen molar-refractivity contribution in [3.8, 4) is 0 Å². The largest absolute Gasteiger partial charge is 0.341 e. The van der Waals surface area contributed by atoms with Crippen molar-refractivity contribution in [1.29, 1.82) is 0 Å². The Balaban J connectivity index is 1.97. The van der Waals surface area contributed by atoms with Crippen molar-refractivity contribution in [3.05, 3.63) is 34.9 Å². The van der Waals surface area contributed by atoms with Gasteiger partial charge in [0.25, 0.3) is 0 Å². The lowest BCUT2D eigenvalue weighted by molar-refractivity contribution is -0.120. The smallest absolute Gasteiger partial charge is 0.321 e. The molecule has 0 spiro atoms. The maximum atomic E-state index is 11.7. The summed E-state index contributed by atoms with van der Waals surface area (Å²) in [5.41, 5.74) is 1.06. The Bertz CT molecular complexity index is 538. The summed E-state index contributed by atoms with van der Waals surface area (Å²) in [4.78, 5) is 25.1. The molecule has 6 nitrogen and oxygen atoms in total. The molecule has 120 valence electrons. The fourth-order valence-corrected chi connectivity index (χ4v) is 2.82. The van der Waals surface area contributed by atoms with Gasteiger partial charge in [0.1, 0.15) is 0 Å². The first-order chi connectivity index (χ1) is 10.6. The van der Waals surface area contributed by atoms with Crippen LogP contribution in [0.25, 0.3) is 0 Å². The second-order valence-corrected chi connectivity index (χ2v) is 5.56. The Hall–Kier alpha value is -1.63. The zero-order valence-electron chi connectivity index (χ0n) is 12.6. The topological polar surface area (TPSA) is 73.5 Å². The summed E-state index contributed by atoms with van der Waals surface area (Å²) >= 11 is 6.29. The molecule has 22 heavy (non-hydrogen) atoms. The third kappa shape index (κ3) is 4.43. The van der Waals surface area contributed by atoms with Gasteiger partial charge >= 0.3 is 6.03 Å². The van der Waals surface area contributed by atoms with E-state index in [0.29, 0.717) is 6.54 Å². The lowest BCUT2D eigenvalue weighted by atomic mass is 10.0. The van der Waals surface area contributed by atoms with Gasteiger partial charge < -0.3 is 10.6 Å². The van der Waals surface area contributed by atoms with Crippen LogP contribution in [0.2, 0.25) is 5.02 Å². The van der Waals surface area contributed by atoms with Gasteiger partial charge in [-0.15, -0.1) is 0 Å². The quantitative estimate of drug-likeness (QED) is 0.776. The van der Waals surface area contributed by atoms with E-state index in [1.165, 1.54) is 7.05 Å². The molecule has 0 aliphatic carbocycles. The average molecular weight is 325 g/mol. The predicted octanol–water partition coefficient (Wildman–Crippen LogP) is 1.13. The molecule has 0 aromatic heterocycles. The molecule has 0 bridgehead atoms. The minimum atomic E-state index is -0.479. The number of halogens is 1. The number of carbonyl (C=O) groups is 2. The van der Waals surface area contributed by atoms with Crippen LogP contribution in [0, 0.1) is 0 Å². The number of nitrogens with one attached hydrogen (secondary N) is 3. The number of nitrogens with zero attached hydrogens (tertiary/aromatic N) is 1. The van der Waals surface area contributed by atoms with Crippen LogP contribution in [0.5, 0.6) is 0 Å². The SMILES string of the molecule is CNC(=O)NC(=O)CCN1CCNCC1c1ccccc1Cl. The first-order valence-electron chi connectivity index (χ1n) is 7.32. The summed E-state index contributed by atoms with van der Waals surface area (Å²) < 4.78 is 0. The highest BCUT2D eigenvalue weighted by molar-refractivity contribution is 6.31. The molecular formula is C15H21ClN4O2. The van der Waals surface area contributed by atoms with Crippen LogP contribution < -0.4 is 16.0 Å². The molecule has 3 amide bonds. The second kappa shape index (κ2) is 8.12. The number of hydrogen-bond donors (Lipinski definition) is 3. The van der Waals surface area contributed by atoms with E-state index in [2.05, 4.69) is 20.9 Å². The van der Waals surface area contributed by atoms with Crippen LogP contribution in [0.4, 0.5) is 4.79 Å². The number of hydrogen-bond acceptors (Lipinski definition) is 4. The summed E-state index contributed by atoms with van der Waals surface area (Å²) in [7, 11) is 1.48. The summed E-state index contributed by atoms with van der Waals surface area (Å²) in [6.07, 6.45) is 0.272. The predicted molar refractivity (Wildman–Crippen MR) is 85.9 cm³/mol. The number of piperazine rings is 1. The van der Waals surface area contributed by atoms with Gasteiger partial charge in [-0.2, -0.15) is 0 Å². The van der Waals surface area contributed by atoms with Crippen molar-refractivity contribution >= 4 is 23.5 Å². The molecule has 1 aliphatic rings. The minimum Gasteiger partial charge on any atom is -0.341 e. The molecule has 1 aromatic rings. The summed E-state index contributed by atoms with van der Waals surface area (Å²) in [6.45, 7) is 3.09. The number of benzene rings is 1.